The summed E-state index contributed by atoms with van der Waals surface area (Å²) in [6.45, 7) is 6.93. The minimum absolute atomic E-state index is 0.103. The molecule has 1 rings (SSSR count). The Balaban J connectivity index is 2.40. The van der Waals surface area contributed by atoms with E-state index in [2.05, 4.69) is 11.9 Å². The maximum absolute atomic E-state index is 12.1. The molecule has 2 N–H and O–H groups in total. The topological polar surface area (TPSA) is 60.9 Å². The molecule has 1 aromatic rings. The van der Waals surface area contributed by atoms with Crippen LogP contribution < -0.4 is 5.73 Å². The summed E-state index contributed by atoms with van der Waals surface area (Å²) < 4.78 is 2.02. The number of aromatic nitrogens is 2. The molecule has 2 unspecified atom stereocenters. The molecule has 18 heavy (non-hydrogen) atoms. The molecule has 0 saturated heterocycles. The van der Waals surface area contributed by atoms with E-state index < -0.39 is 0 Å². The number of aryl methyl sites for hydroxylation is 1. The monoisotopic (exact) mass is 251 g/mol. The molecule has 0 radical (unpaired) electrons. The first-order valence-corrected chi connectivity index (χ1v) is 6.82. The van der Waals surface area contributed by atoms with Gasteiger partial charge in [-0.3, -0.25) is 4.79 Å². The highest BCUT2D eigenvalue weighted by atomic mass is 16.1. The van der Waals surface area contributed by atoms with Crippen LogP contribution in [0.25, 0.3) is 0 Å². The zero-order valence-corrected chi connectivity index (χ0v) is 11.7. The second kappa shape index (κ2) is 7.31. The molecular weight excluding hydrogens is 226 g/mol. The van der Waals surface area contributed by atoms with Crippen molar-refractivity contribution in [2.75, 3.05) is 0 Å². The Bertz CT molecular complexity index is 371. The zero-order chi connectivity index (χ0) is 13.5. The molecular formula is C14H25N3O. The SMILES string of the molecule is CCn1ccnc1CC(=O)C(C)CCCC(C)N. The lowest BCUT2D eigenvalue weighted by atomic mass is 9.96. The third-order valence-corrected chi connectivity index (χ3v) is 3.32. The standard InChI is InChI=1S/C14H25N3O/c1-4-17-9-8-16-14(17)10-13(18)11(2)6-5-7-12(3)15/h8-9,11-12H,4-7,10,15H2,1-3H3. The highest BCUT2D eigenvalue weighted by Gasteiger charge is 2.15. The van der Waals surface area contributed by atoms with Crippen LogP contribution in [0.5, 0.6) is 0 Å². The molecule has 0 fully saturated rings. The summed E-state index contributed by atoms with van der Waals surface area (Å²) in [5, 5.41) is 0. The lowest BCUT2D eigenvalue weighted by molar-refractivity contribution is -0.122. The van der Waals surface area contributed by atoms with E-state index in [-0.39, 0.29) is 17.7 Å². The maximum Gasteiger partial charge on any atom is 0.143 e. The Hall–Kier alpha value is -1.16. The number of rotatable bonds is 8. The second-order valence-electron chi connectivity index (χ2n) is 5.08. The first kappa shape index (κ1) is 14.9. The van der Waals surface area contributed by atoms with Crippen molar-refractivity contribution in [1.82, 2.24) is 9.55 Å². The number of nitrogens with zero attached hydrogens (tertiary/aromatic N) is 2. The number of ketones is 1. The predicted octanol–water partition coefficient (Wildman–Crippen LogP) is 2.17. The van der Waals surface area contributed by atoms with Gasteiger partial charge < -0.3 is 10.3 Å². The fourth-order valence-corrected chi connectivity index (χ4v) is 2.03. The number of Topliss-reactive ketones (excluding diaryl/α,β-unsaturated/α-hetero) is 1. The van der Waals surface area contributed by atoms with Crippen LogP contribution in [0.1, 0.15) is 45.9 Å². The van der Waals surface area contributed by atoms with E-state index in [4.69, 9.17) is 5.73 Å². The average Bonchev–Trinajstić information content (AvgIpc) is 2.75. The third kappa shape index (κ3) is 4.61. The highest BCUT2D eigenvalue weighted by molar-refractivity contribution is 5.82. The van der Waals surface area contributed by atoms with E-state index in [1.807, 2.05) is 24.6 Å². The van der Waals surface area contributed by atoms with Crippen LogP contribution in [0.2, 0.25) is 0 Å². The minimum atomic E-state index is 0.103. The number of imidazole rings is 1. The normalized spacial score (nSPS) is 14.4. The van der Waals surface area contributed by atoms with Crippen molar-refractivity contribution in [2.24, 2.45) is 11.7 Å². The fraction of sp³-hybridized carbons (Fsp3) is 0.714. The van der Waals surface area contributed by atoms with Crippen molar-refractivity contribution in [2.45, 2.75) is 59.0 Å². The fourth-order valence-electron chi connectivity index (χ4n) is 2.03. The van der Waals surface area contributed by atoms with Crippen LogP contribution in [-0.2, 0) is 17.8 Å². The van der Waals surface area contributed by atoms with Crippen molar-refractivity contribution in [3.05, 3.63) is 18.2 Å². The van der Waals surface area contributed by atoms with E-state index in [0.717, 1.165) is 31.6 Å². The summed E-state index contributed by atoms with van der Waals surface area (Å²) in [6.07, 6.45) is 7.05. The predicted molar refractivity (Wildman–Crippen MR) is 73.3 cm³/mol. The molecule has 0 aromatic carbocycles. The molecule has 1 heterocycles. The van der Waals surface area contributed by atoms with Crippen LogP contribution in [0.4, 0.5) is 0 Å². The summed E-state index contributed by atoms with van der Waals surface area (Å²) in [5.74, 6) is 1.26. The van der Waals surface area contributed by atoms with Gasteiger partial charge in [-0.15, -0.1) is 0 Å². The van der Waals surface area contributed by atoms with Crippen LogP contribution in [0.15, 0.2) is 12.4 Å². The van der Waals surface area contributed by atoms with Gasteiger partial charge >= 0.3 is 0 Å². The highest BCUT2D eigenvalue weighted by Crippen LogP contribution is 2.12. The van der Waals surface area contributed by atoms with E-state index in [1.165, 1.54) is 0 Å². The number of carbonyl (C=O) groups excluding carboxylic acids is 1. The van der Waals surface area contributed by atoms with Gasteiger partial charge in [0.1, 0.15) is 11.6 Å². The molecule has 4 nitrogen and oxygen atoms in total. The molecule has 0 bridgehead atoms. The smallest absolute Gasteiger partial charge is 0.143 e. The molecule has 102 valence electrons. The van der Waals surface area contributed by atoms with Crippen molar-refractivity contribution < 1.29 is 4.79 Å². The van der Waals surface area contributed by atoms with Gasteiger partial charge in [-0.2, -0.15) is 0 Å². The van der Waals surface area contributed by atoms with Crippen LogP contribution in [0, 0.1) is 5.92 Å². The van der Waals surface area contributed by atoms with Gasteiger partial charge in [0.15, 0.2) is 0 Å². The molecule has 0 amide bonds. The summed E-state index contributed by atoms with van der Waals surface area (Å²) in [5.41, 5.74) is 5.70. The number of carbonyl (C=O) groups is 1. The Morgan fingerprint density at radius 3 is 2.78 bits per heavy atom. The van der Waals surface area contributed by atoms with Gasteiger partial charge in [-0.1, -0.05) is 13.3 Å². The first-order chi connectivity index (χ1) is 8.54. The first-order valence-electron chi connectivity index (χ1n) is 6.82. The van der Waals surface area contributed by atoms with Gasteiger partial charge in [-0.05, 0) is 26.7 Å². The molecule has 0 saturated carbocycles. The summed E-state index contributed by atoms with van der Waals surface area (Å²) >= 11 is 0. The lowest BCUT2D eigenvalue weighted by Gasteiger charge is -2.11. The van der Waals surface area contributed by atoms with Gasteiger partial charge in [0.05, 0.1) is 6.42 Å². The maximum atomic E-state index is 12.1. The van der Waals surface area contributed by atoms with Crippen molar-refractivity contribution in [3.63, 3.8) is 0 Å². The largest absolute Gasteiger partial charge is 0.335 e. The van der Waals surface area contributed by atoms with E-state index in [9.17, 15) is 4.79 Å². The van der Waals surface area contributed by atoms with Gasteiger partial charge in [0, 0.05) is 30.9 Å². The lowest BCUT2D eigenvalue weighted by Crippen LogP contribution is -2.18. The Labute approximate surface area is 110 Å². The molecule has 0 spiro atoms. The molecule has 4 heteroatoms. The van der Waals surface area contributed by atoms with Crippen molar-refractivity contribution in [3.8, 4) is 0 Å². The molecule has 0 aliphatic carbocycles. The summed E-state index contributed by atoms with van der Waals surface area (Å²) in [4.78, 5) is 16.3. The van der Waals surface area contributed by atoms with Crippen LogP contribution in [-0.4, -0.2) is 21.4 Å². The van der Waals surface area contributed by atoms with Crippen molar-refractivity contribution in [1.29, 1.82) is 0 Å². The average molecular weight is 251 g/mol. The third-order valence-electron chi connectivity index (χ3n) is 3.32. The van der Waals surface area contributed by atoms with E-state index >= 15 is 0 Å². The zero-order valence-electron chi connectivity index (χ0n) is 11.7. The van der Waals surface area contributed by atoms with E-state index in [1.54, 1.807) is 6.20 Å². The number of hydrogen-bond acceptors (Lipinski definition) is 3. The van der Waals surface area contributed by atoms with Gasteiger partial charge in [0.2, 0.25) is 0 Å². The summed E-state index contributed by atoms with van der Waals surface area (Å²) in [6, 6.07) is 0.228. The minimum Gasteiger partial charge on any atom is -0.335 e. The summed E-state index contributed by atoms with van der Waals surface area (Å²) in [7, 11) is 0. The van der Waals surface area contributed by atoms with Crippen LogP contribution in [0.3, 0.4) is 0 Å². The molecule has 0 aliphatic rings. The van der Waals surface area contributed by atoms with E-state index in [0.29, 0.717) is 6.42 Å². The Morgan fingerprint density at radius 2 is 2.17 bits per heavy atom. The van der Waals surface area contributed by atoms with Crippen LogP contribution >= 0.6 is 0 Å². The number of nitrogens with two attached hydrogens (primary N) is 1. The molecule has 1 aromatic heterocycles. The Kier molecular flexibility index (Phi) is 6.05. The van der Waals surface area contributed by atoms with Gasteiger partial charge in [0.25, 0.3) is 0 Å². The molecule has 2 atom stereocenters. The quantitative estimate of drug-likeness (QED) is 0.770. The Morgan fingerprint density at radius 1 is 1.44 bits per heavy atom. The number of hydrogen-bond donors (Lipinski definition) is 1. The van der Waals surface area contributed by atoms with Crippen molar-refractivity contribution >= 4 is 5.78 Å². The molecule has 0 aliphatic heterocycles. The van der Waals surface area contributed by atoms with Gasteiger partial charge in [-0.25, -0.2) is 4.98 Å². The second-order valence-corrected chi connectivity index (χ2v) is 5.08.